The average molecular weight is 288 g/mol. The van der Waals surface area contributed by atoms with E-state index in [1.807, 2.05) is 0 Å². The number of hydrogen-bond acceptors (Lipinski definition) is 1. The Labute approximate surface area is 85.3 Å². The highest BCUT2D eigenvalue weighted by molar-refractivity contribution is 7.70. The number of hydrogen-bond donors (Lipinski definition) is 0. The first-order valence-corrected chi connectivity index (χ1v) is 7.35. The van der Waals surface area contributed by atoms with Crippen LogP contribution in [0, 0.1) is 0 Å². The van der Waals surface area contributed by atoms with Gasteiger partial charge in [-0.25, -0.2) is 9.43 Å². The fourth-order valence-electron chi connectivity index (χ4n) is 0.429. The van der Waals surface area contributed by atoms with Crippen molar-refractivity contribution < 1.29 is 21.0 Å². The van der Waals surface area contributed by atoms with Crippen LogP contribution in [0.5, 0.6) is 0 Å². The minimum absolute atomic E-state index is 0.514. The van der Waals surface area contributed by atoms with Crippen LogP contribution in [0.15, 0.2) is 13.8 Å². The van der Waals surface area contributed by atoms with Crippen molar-refractivity contribution in [1.82, 2.24) is 4.67 Å². The molecular formula is C3H8F5N4P3. The van der Waals surface area contributed by atoms with E-state index in [0.717, 1.165) is 14.1 Å². The molecule has 0 rings (SSSR count). The summed E-state index contributed by atoms with van der Waals surface area (Å²) in [6.07, 6.45) is 0. The Morgan fingerprint density at radius 3 is 1.93 bits per heavy atom. The molecule has 0 spiro atoms. The molecule has 4 nitrogen and oxygen atoms in total. The fourth-order valence-corrected chi connectivity index (χ4v) is 4.18. The molecule has 0 heterocycles. The molecule has 0 amide bonds. The molecule has 0 aromatic carbocycles. The van der Waals surface area contributed by atoms with Gasteiger partial charge in [0.2, 0.25) is 0 Å². The highest BCUT2D eigenvalue weighted by Gasteiger charge is 2.30. The molecule has 0 bridgehead atoms. The molecular weight excluding hydrogens is 280 g/mol. The third kappa shape index (κ3) is 5.16. The average Bonchev–Trinajstić information content (AvgIpc) is 2.01. The fraction of sp³-hybridized carbons (Fsp3) is 0.667. The summed E-state index contributed by atoms with van der Waals surface area (Å²) in [6.45, 7) is 2.52. The van der Waals surface area contributed by atoms with E-state index in [-0.39, 0.29) is 0 Å². The normalized spacial score (nSPS) is 16.3. The highest BCUT2D eigenvalue weighted by atomic mass is 31.3. The first-order chi connectivity index (χ1) is 6.63. The van der Waals surface area contributed by atoms with Gasteiger partial charge in [0, 0.05) is 0 Å². The molecule has 0 aliphatic heterocycles. The summed E-state index contributed by atoms with van der Waals surface area (Å²) in [5.74, 6) is 0. The van der Waals surface area contributed by atoms with Crippen LogP contribution in [-0.2, 0) is 0 Å². The van der Waals surface area contributed by atoms with E-state index in [4.69, 9.17) is 0 Å². The van der Waals surface area contributed by atoms with Crippen LogP contribution in [0.2, 0.25) is 0 Å². The minimum atomic E-state index is -5.30. The monoisotopic (exact) mass is 288 g/mol. The van der Waals surface area contributed by atoms with E-state index in [2.05, 4.69) is 20.5 Å². The zero-order valence-corrected chi connectivity index (χ0v) is 10.4. The Bertz CT molecular complexity index is 334. The quantitative estimate of drug-likeness (QED) is 0.397. The summed E-state index contributed by atoms with van der Waals surface area (Å²) in [5.41, 5.74) is 0. The molecule has 1 unspecified atom stereocenters. The molecule has 0 saturated carbocycles. The van der Waals surface area contributed by atoms with E-state index in [9.17, 15) is 21.0 Å². The SMILES string of the molecule is C=NP(F)(F)=NP(F)(=NP(F)F)N(C)C. The van der Waals surface area contributed by atoms with Crippen molar-refractivity contribution in [2.45, 2.75) is 0 Å². The van der Waals surface area contributed by atoms with E-state index < -0.39 is 24.2 Å². The summed E-state index contributed by atoms with van der Waals surface area (Å²) in [5, 5.41) is 0. The van der Waals surface area contributed by atoms with Crippen molar-refractivity contribution in [3.05, 3.63) is 0 Å². The molecule has 0 aliphatic carbocycles. The van der Waals surface area contributed by atoms with Gasteiger partial charge in [-0.2, -0.15) is 17.1 Å². The zero-order chi connectivity index (χ0) is 12.3. The lowest BCUT2D eigenvalue weighted by molar-refractivity contribution is 0.607. The van der Waals surface area contributed by atoms with Crippen LogP contribution in [-0.4, -0.2) is 25.5 Å². The van der Waals surface area contributed by atoms with Crippen LogP contribution in [0.4, 0.5) is 21.0 Å². The Hall–Kier alpha value is 0.170. The Morgan fingerprint density at radius 1 is 1.20 bits per heavy atom. The summed E-state index contributed by atoms with van der Waals surface area (Å²) in [6, 6.07) is 0. The molecule has 0 saturated heterocycles. The zero-order valence-electron chi connectivity index (χ0n) is 7.73. The third-order valence-electron chi connectivity index (χ3n) is 1.08. The lowest BCUT2D eigenvalue weighted by Gasteiger charge is -2.17. The van der Waals surface area contributed by atoms with E-state index in [0.29, 0.717) is 4.67 Å². The molecule has 0 aromatic rings. The maximum Gasteiger partial charge on any atom is 0.419 e. The second kappa shape index (κ2) is 5.48. The second-order valence-electron chi connectivity index (χ2n) is 2.33. The Kier molecular flexibility index (Phi) is 5.55. The third-order valence-corrected chi connectivity index (χ3v) is 5.66. The predicted octanol–water partition coefficient (Wildman–Crippen LogP) is 5.22. The number of rotatable bonds is 4. The van der Waals surface area contributed by atoms with Crippen LogP contribution in [0.1, 0.15) is 0 Å². The Balaban J connectivity index is 5.55. The van der Waals surface area contributed by atoms with Gasteiger partial charge in [0.1, 0.15) is 0 Å². The van der Waals surface area contributed by atoms with Crippen LogP contribution >= 0.6 is 24.2 Å². The van der Waals surface area contributed by atoms with Gasteiger partial charge in [0.05, 0.1) is 0 Å². The van der Waals surface area contributed by atoms with Gasteiger partial charge in [-0.15, -0.1) is 12.9 Å². The van der Waals surface area contributed by atoms with Crippen LogP contribution < -0.4 is 0 Å². The predicted molar refractivity (Wildman–Crippen MR) is 54.4 cm³/mol. The van der Waals surface area contributed by atoms with Crippen LogP contribution in [0.3, 0.4) is 0 Å². The topological polar surface area (TPSA) is 40.3 Å². The van der Waals surface area contributed by atoms with Crippen molar-refractivity contribution in [3.8, 4) is 0 Å². The highest BCUT2D eigenvalue weighted by Crippen LogP contribution is 2.71. The molecule has 15 heavy (non-hydrogen) atoms. The molecule has 12 heteroatoms. The first kappa shape index (κ1) is 15.2. The maximum atomic E-state index is 13.5. The second-order valence-corrected chi connectivity index (χ2v) is 7.18. The van der Waals surface area contributed by atoms with Gasteiger partial charge in [-0.1, -0.05) is 0 Å². The van der Waals surface area contributed by atoms with Gasteiger partial charge in [-0.3, -0.25) is 0 Å². The molecule has 1 atom stereocenters. The van der Waals surface area contributed by atoms with E-state index in [1.54, 1.807) is 0 Å². The molecule has 0 aromatic heterocycles. The van der Waals surface area contributed by atoms with Gasteiger partial charge >= 0.3 is 24.2 Å². The first-order valence-electron chi connectivity index (χ1n) is 3.26. The molecule has 0 aliphatic rings. The van der Waals surface area contributed by atoms with Crippen molar-refractivity contribution in [2.75, 3.05) is 14.1 Å². The van der Waals surface area contributed by atoms with Crippen molar-refractivity contribution in [2.24, 2.45) is 13.8 Å². The number of halogens is 5. The van der Waals surface area contributed by atoms with Crippen molar-refractivity contribution in [3.63, 3.8) is 0 Å². The summed E-state index contributed by atoms with van der Waals surface area (Å²) >= 11 is 0. The Morgan fingerprint density at radius 2 is 1.67 bits per heavy atom. The van der Waals surface area contributed by atoms with E-state index in [1.165, 1.54) is 0 Å². The minimum Gasteiger partial charge on any atom is -0.232 e. The smallest absolute Gasteiger partial charge is 0.232 e. The largest absolute Gasteiger partial charge is 0.419 e. The van der Waals surface area contributed by atoms with Gasteiger partial charge in [0.15, 0.2) is 0 Å². The standard InChI is InChI=1S/C3H8F5N4P3/c1-9-14(6,7)11-15(8,12(2)3)10-13(4)5/h1H2,2-3H3. The molecule has 0 radical (unpaired) electrons. The summed E-state index contributed by atoms with van der Waals surface area (Å²) < 4.78 is 70.2. The summed E-state index contributed by atoms with van der Waals surface area (Å²) in [7, 11) is -12.0. The van der Waals surface area contributed by atoms with Crippen molar-refractivity contribution >= 4 is 30.9 Å². The summed E-state index contributed by atoms with van der Waals surface area (Å²) in [4.78, 5) is 0. The van der Waals surface area contributed by atoms with E-state index >= 15 is 0 Å². The maximum absolute atomic E-state index is 13.5. The number of nitrogens with zero attached hydrogens (tertiary/aromatic N) is 4. The lowest BCUT2D eigenvalue weighted by atomic mass is 11.3. The lowest BCUT2D eigenvalue weighted by Crippen LogP contribution is -2.02. The molecule has 0 N–H and O–H groups in total. The van der Waals surface area contributed by atoms with Gasteiger partial charge in [0.25, 0.3) is 0 Å². The molecule has 90 valence electrons. The molecule has 0 fully saturated rings. The van der Waals surface area contributed by atoms with Crippen LogP contribution in [0.25, 0.3) is 0 Å². The van der Waals surface area contributed by atoms with Gasteiger partial charge in [-0.05, 0) is 20.8 Å². The van der Waals surface area contributed by atoms with Gasteiger partial charge < -0.3 is 0 Å². The van der Waals surface area contributed by atoms with Crippen molar-refractivity contribution in [1.29, 1.82) is 0 Å².